The Kier molecular flexibility index (Phi) is 3.56. The third kappa shape index (κ3) is 2.48. The van der Waals surface area contributed by atoms with Crippen molar-refractivity contribution in [1.29, 1.82) is 0 Å². The number of esters is 1. The van der Waals surface area contributed by atoms with Gasteiger partial charge in [-0.05, 0) is 27.2 Å². The molecule has 0 spiro atoms. The van der Waals surface area contributed by atoms with E-state index in [1.54, 1.807) is 6.92 Å². The molecule has 0 radical (unpaired) electrons. The van der Waals surface area contributed by atoms with Gasteiger partial charge in [0.1, 0.15) is 6.26 Å². The van der Waals surface area contributed by atoms with Gasteiger partial charge in [0.2, 0.25) is 0 Å². The van der Waals surface area contributed by atoms with Crippen LogP contribution in [0.25, 0.3) is 0 Å². The number of carbonyl (C=O) groups is 1. The molecule has 2 rings (SSSR count). The van der Waals surface area contributed by atoms with Crippen LogP contribution in [0.1, 0.15) is 37.7 Å². The molecule has 1 aromatic heterocycles. The van der Waals surface area contributed by atoms with E-state index < -0.39 is 5.97 Å². The number of hydrogen-bond acceptors (Lipinski definition) is 6. The first-order chi connectivity index (χ1) is 8.55. The van der Waals surface area contributed by atoms with Crippen molar-refractivity contribution < 1.29 is 18.7 Å². The summed E-state index contributed by atoms with van der Waals surface area (Å²) in [7, 11) is 0. The molecular weight excluding hydrogens is 236 g/mol. The number of rotatable bonds is 4. The average Bonchev–Trinajstić information content (AvgIpc) is 2.89. The number of ether oxygens (including phenoxy) is 2. The summed E-state index contributed by atoms with van der Waals surface area (Å²) in [6.07, 6.45) is 2.23. The molecule has 1 aliphatic rings. The maximum Gasteiger partial charge on any atom is 0.360 e. The molecule has 0 aliphatic carbocycles. The quantitative estimate of drug-likeness (QED) is 0.826. The number of aromatic nitrogens is 1. The Hall–Kier alpha value is -1.56. The Balaban J connectivity index is 2.04. The molecule has 0 saturated carbocycles. The molecule has 6 nitrogen and oxygen atoms in total. The van der Waals surface area contributed by atoms with Gasteiger partial charge < -0.3 is 19.2 Å². The van der Waals surface area contributed by atoms with E-state index in [1.165, 1.54) is 6.26 Å². The molecule has 2 unspecified atom stereocenters. The standard InChI is InChI=1S/C12H18N2O4/c1-4-16-10(15)9-7-18-11(13-9)14-12(3)5-6-17-8(12)2/h7-8H,4-6H2,1-3H3,(H,13,14). The zero-order valence-electron chi connectivity index (χ0n) is 10.9. The van der Waals surface area contributed by atoms with Crippen LogP contribution in [-0.4, -0.2) is 35.8 Å². The summed E-state index contributed by atoms with van der Waals surface area (Å²) < 4.78 is 15.6. The summed E-state index contributed by atoms with van der Waals surface area (Å²) in [6, 6.07) is 0.318. The van der Waals surface area contributed by atoms with Gasteiger partial charge in [-0.3, -0.25) is 0 Å². The summed E-state index contributed by atoms with van der Waals surface area (Å²) in [5, 5.41) is 3.17. The fraction of sp³-hybridized carbons (Fsp3) is 0.667. The summed E-state index contributed by atoms with van der Waals surface area (Å²) in [4.78, 5) is 15.5. The Morgan fingerprint density at radius 2 is 2.50 bits per heavy atom. The van der Waals surface area contributed by atoms with Crippen LogP contribution in [-0.2, 0) is 9.47 Å². The van der Waals surface area contributed by atoms with Crippen molar-refractivity contribution in [2.75, 3.05) is 18.5 Å². The van der Waals surface area contributed by atoms with E-state index >= 15 is 0 Å². The van der Waals surface area contributed by atoms with Gasteiger partial charge in [-0.2, -0.15) is 4.98 Å². The SMILES string of the molecule is CCOC(=O)c1coc(NC2(C)CCOC2C)n1. The molecule has 1 aromatic rings. The Morgan fingerprint density at radius 3 is 3.11 bits per heavy atom. The van der Waals surface area contributed by atoms with Crippen molar-refractivity contribution in [1.82, 2.24) is 4.98 Å². The normalized spacial score (nSPS) is 27.2. The van der Waals surface area contributed by atoms with Crippen LogP contribution >= 0.6 is 0 Å². The van der Waals surface area contributed by atoms with Crippen LogP contribution < -0.4 is 5.32 Å². The average molecular weight is 254 g/mol. The smallest absolute Gasteiger partial charge is 0.360 e. The lowest BCUT2D eigenvalue weighted by molar-refractivity contribution is 0.0519. The summed E-state index contributed by atoms with van der Waals surface area (Å²) >= 11 is 0. The number of nitrogens with one attached hydrogen (secondary N) is 1. The van der Waals surface area contributed by atoms with Gasteiger partial charge >= 0.3 is 5.97 Å². The maximum atomic E-state index is 11.4. The molecule has 100 valence electrons. The minimum atomic E-state index is -0.477. The van der Waals surface area contributed by atoms with E-state index in [4.69, 9.17) is 13.9 Å². The second-order valence-electron chi connectivity index (χ2n) is 4.56. The lowest BCUT2D eigenvalue weighted by Gasteiger charge is -2.27. The van der Waals surface area contributed by atoms with Gasteiger partial charge in [-0.25, -0.2) is 4.79 Å². The van der Waals surface area contributed by atoms with Crippen LogP contribution in [0.3, 0.4) is 0 Å². The van der Waals surface area contributed by atoms with E-state index in [0.717, 1.165) is 6.42 Å². The fourth-order valence-corrected chi connectivity index (χ4v) is 1.87. The molecule has 1 aliphatic heterocycles. The Morgan fingerprint density at radius 1 is 1.72 bits per heavy atom. The lowest BCUT2D eigenvalue weighted by atomic mass is 9.95. The van der Waals surface area contributed by atoms with Crippen molar-refractivity contribution >= 4 is 12.0 Å². The number of nitrogens with zero attached hydrogens (tertiary/aromatic N) is 1. The molecular formula is C12H18N2O4. The third-order valence-electron chi connectivity index (χ3n) is 3.27. The van der Waals surface area contributed by atoms with E-state index in [9.17, 15) is 4.79 Å². The number of anilines is 1. The summed E-state index contributed by atoms with van der Waals surface area (Å²) in [5.41, 5.74) is -0.0499. The van der Waals surface area contributed by atoms with Gasteiger partial charge in [0.25, 0.3) is 6.01 Å². The van der Waals surface area contributed by atoms with E-state index in [1.807, 2.05) is 13.8 Å². The first-order valence-corrected chi connectivity index (χ1v) is 6.07. The monoisotopic (exact) mass is 254 g/mol. The predicted molar refractivity (Wildman–Crippen MR) is 64.5 cm³/mol. The van der Waals surface area contributed by atoms with Crippen LogP contribution in [0.2, 0.25) is 0 Å². The zero-order chi connectivity index (χ0) is 13.2. The first kappa shape index (κ1) is 12.9. The molecule has 18 heavy (non-hydrogen) atoms. The molecule has 1 fully saturated rings. The van der Waals surface area contributed by atoms with Crippen molar-refractivity contribution in [3.63, 3.8) is 0 Å². The second-order valence-corrected chi connectivity index (χ2v) is 4.56. The highest BCUT2D eigenvalue weighted by molar-refractivity contribution is 5.87. The van der Waals surface area contributed by atoms with Crippen LogP contribution in [0.5, 0.6) is 0 Å². The molecule has 0 aromatic carbocycles. The second kappa shape index (κ2) is 4.97. The van der Waals surface area contributed by atoms with Crippen molar-refractivity contribution in [2.45, 2.75) is 38.8 Å². The lowest BCUT2D eigenvalue weighted by Crippen LogP contribution is -2.41. The molecule has 0 bridgehead atoms. The van der Waals surface area contributed by atoms with E-state index in [0.29, 0.717) is 19.2 Å². The van der Waals surface area contributed by atoms with Gasteiger partial charge in [0.15, 0.2) is 5.69 Å². The molecule has 2 atom stereocenters. The van der Waals surface area contributed by atoms with Gasteiger partial charge in [0.05, 0.1) is 18.2 Å². The molecule has 6 heteroatoms. The number of carbonyl (C=O) groups excluding carboxylic acids is 1. The molecule has 1 N–H and O–H groups in total. The topological polar surface area (TPSA) is 73.6 Å². The predicted octanol–water partition coefficient (Wildman–Crippen LogP) is 1.83. The molecule has 2 heterocycles. The minimum absolute atomic E-state index is 0.0652. The van der Waals surface area contributed by atoms with Crippen LogP contribution in [0.4, 0.5) is 6.01 Å². The minimum Gasteiger partial charge on any atom is -0.461 e. The maximum absolute atomic E-state index is 11.4. The Labute approximate surface area is 106 Å². The number of hydrogen-bond donors (Lipinski definition) is 1. The molecule has 0 amide bonds. The van der Waals surface area contributed by atoms with Gasteiger partial charge in [-0.1, -0.05) is 0 Å². The van der Waals surface area contributed by atoms with Gasteiger partial charge in [0, 0.05) is 6.61 Å². The van der Waals surface area contributed by atoms with Crippen LogP contribution in [0, 0.1) is 0 Å². The number of oxazole rings is 1. The third-order valence-corrected chi connectivity index (χ3v) is 3.27. The van der Waals surface area contributed by atoms with E-state index in [-0.39, 0.29) is 17.3 Å². The fourth-order valence-electron chi connectivity index (χ4n) is 1.87. The highest BCUT2D eigenvalue weighted by atomic mass is 16.5. The first-order valence-electron chi connectivity index (χ1n) is 6.07. The molecule has 1 saturated heterocycles. The van der Waals surface area contributed by atoms with Gasteiger partial charge in [-0.15, -0.1) is 0 Å². The van der Waals surface area contributed by atoms with Crippen molar-refractivity contribution in [2.24, 2.45) is 0 Å². The summed E-state index contributed by atoms with van der Waals surface area (Å²) in [5.74, 6) is -0.477. The largest absolute Gasteiger partial charge is 0.461 e. The highest BCUT2D eigenvalue weighted by Crippen LogP contribution is 2.29. The summed E-state index contributed by atoms with van der Waals surface area (Å²) in [6.45, 7) is 6.80. The van der Waals surface area contributed by atoms with Crippen molar-refractivity contribution in [3.8, 4) is 0 Å². The zero-order valence-corrected chi connectivity index (χ0v) is 10.9. The van der Waals surface area contributed by atoms with Crippen LogP contribution in [0.15, 0.2) is 10.7 Å². The Bertz CT molecular complexity index is 431. The van der Waals surface area contributed by atoms with Crippen molar-refractivity contribution in [3.05, 3.63) is 12.0 Å². The highest BCUT2D eigenvalue weighted by Gasteiger charge is 2.38. The van der Waals surface area contributed by atoms with E-state index in [2.05, 4.69) is 10.3 Å².